The van der Waals surface area contributed by atoms with Crippen LogP contribution in [-0.4, -0.2) is 44.2 Å². The Morgan fingerprint density at radius 3 is 2.61 bits per heavy atom. The zero-order valence-electron chi connectivity index (χ0n) is 22.3. The third kappa shape index (κ3) is 4.81. The van der Waals surface area contributed by atoms with Gasteiger partial charge in [-0.15, -0.1) is 0 Å². The molecule has 1 aliphatic rings. The molecule has 1 unspecified atom stereocenters. The van der Waals surface area contributed by atoms with E-state index in [-0.39, 0.29) is 5.91 Å². The van der Waals surface area contributed by atoms with Crippen molar-refractivity contribution in [1.29, 1.82) is 0 Å². The second-order valence-corrected chi connectivity index (χ2v) is 9.32. The largest absolute Gasteiger partial charge is 0.493 e. The fraction of sp³-hybridized carbons (Fsp3) is 0.433. The minimum absolute atomic E-state index is 0.0755. The zero-order chi connectivity index (χ0) is 25.8. The van der Waals surface area contributed by atoms with E-state index >= 15 is 0 Å². The van der Waals surface area contributed by atoms with E-state index in [0.29, 0.717) is 24.1 Å². The Kier molecular flexibility index (Phi) is 7.92. The van der Waals surface area contributed by atoms with Gasteiger partial charge in [-0.2, -0.15) is 0 Å². The standard InChI is InChI=1S/C30H37NO5/c1-7-22-11-9-10-14-31(22)28(32)15-19(3)23-17-24-25(18-36-30(24)20(4)29(23)35-8-2)21-12-13-26(33-5)27(16-21)34-6/h12-13,15-18,22H,7-11,14H2,1-6H3/b19-15+. The van der Waals surface area contributed by atoms with E-state index in [4.69, 9.17) is 18.6 Å². The summed E-state index contributed by atoms with van der Waals surface area (Å²) in [5.74, 6) is 2.16. The lowest BCUT2D eigenvalue weighted by Gasteiger charge is -2.34. The van der Waals surface area contributed by atoms with E-state index in [1.165, 1.54) is 6.42 Å². The maximum atomic E-state index is 13.3. The minimum Gasteiger partial charge on any atom is -0.493 e. The lowest BCUT2D eigenvalue weighted by atomic mass is 9.95. The Morgan fingerprint density at radius 1 is 1.14 bits per heavy atom. The summed E-state index contributed by atoms with van der Waals surface area (Å²) in [6.45, 7) is 9.46. The van der Waals surface area contributed by atoms with E-state index in [0.717, 1.165) is 70.4 Å². The van der Waals surface area contributed by atoms with Crippen LogP contribution < -0.4 is 14.2 Å². The van der Waals surface area contributed by atoms with Crippen LogP contribution in [0.4, 0.5) is 0 Å². The number of hydrogen-bond donors (Lipinski definition) is 0. The van der Waals surface area contributed by atoms with Gasteiger partial charge < -0.3 is 23.5 Å². The van der Waals surface area contributed by atoms with Crippen molar-refractivity contribution < 1.29 is 23.4 Å². The maximum Gasteiger partial charge on any atom is 0.247 e. The predicted octanol–water partition coefficient (Wildman–Crippen LogP) is 7.02. The van der Waals surface area contributed by atoms with Crippen LogP contribution >= 0.6 is 0 Å². The van der Waals surface area contributed by atoms with Crippen LogP contribution in [0.5, 0.6) is 17.2 Å². The van der Waals surface area contributed by atoms with Gasteiger partial charge in [0.25, 0.3) is 0 Å². The third-order valence-corrected chi connectivity index (χ3v) is 7.17. The van der Waals surface area contributed by atoms with E-state index in [1.807, 2.05) is 43.9 Å². The number of carbonyl (C=O) groups excluding carboxylic acids is 1. The Balaban J connectivity index is 1.81. The normalized spacial score (nSPS) is 16.3. The SMILES string of the molecule is CCOc1c(/C(C)=C/C(=O)N2CCCCC2CC)cc2c(-c3ccc(OC)c(OC)c3)coc2c1C. The lowest BCUT2D eigenvalue weighted by Crippen LogP contribution is -2.42. The van der Waals surface area contributed by atoms with Gasteiger partial charge in [0.2, 0.25) is 5.91 Å². The van der Waals surface area contributed by atoms with Crippen LogP contribution in [0, 0.1) is 6.92 Å². The number of methoxy groups -OCH3 is 2. The average molecular weight is 492 g/mol. The molecule has 0 saturated carbocycles. The lowest BCUT2D eigenvalue weighted by molar-refractivity contribution is -0.129. The molecule has 0 N–H and O–H groups in total. The first-order valence-electron chi connectivity index (χ1n) is 12.8. The van der Waals surface area contributed by atoms with Crippen molar-refractivity contribution in [3.63, 3.8) is 0 Å². The summed E-state index contributed by atoms with van der Waals surface area (Å²) in [7, 11) is 3.25. The smallest absolute Gasteiger partial charge is 0.247 e. The van der Waals surface area contributed by atoms with Crippen LogP contribution in [0.25, 0.3) is 27.7 Å². The Labute approximate surface area is 213 Å². The molecule has 0 aliphatic carbocycles. The predicted molar refractivity (Wildman–Crippen MR) is 144 cm³/mol. The van der Waals surface area contributed by atoms with Gasteiger partial charge in [0.15, 0.2) is 11.5 Å². The molecule has 2 aromatic carbocycles. The van der Waals surface area contributed by atoms with E-state index in [9.17, 15) is 4.79 Å². The molecular weight excluding hydrogens is 454 g/mol. The molecule has 192 valence electrons. The van der Waals surface area contributed by atoms with Crippen LogP contribution in [0.1, 0.15) is 57.6 Å². The molecule has 4 rings (SSSR count). The average Bonchev–Trinajstić information content (AvgIpc) is 3.33. The van der Waals surface area contributed by atoms with Crippen molar-refractivity contribution in [2.24, 2.45) is 0 Å². The quantitative estimate of drug-likeness (QED) is 0.317. The van der Waals surface area contributed by atoms with Gasteiger partial charge in [-0.25, -0.2) is 0 Å². The van der Waals surface area contributed by atoms with Gasteiger partial charge in [0, 0.05) is 40.7 Å². The first-order valence-corrected chi connectivity index (χ1v) is 12.8. The van der Waals surface area contributed by atoms with Gasteiger partial charge >= 0.3 is 0 Å². The number of hydrogen-bond acceptors (Lipinski definition) is 5. The van der Waals surface area contributed by atoms with Crippen molar-refractivity contribution in [3.8, 4) is 28.4 Å². The number of carbonyl (C=O) groups is 1. The summed E-state index contributed by atoms with van der Waals surface area (Å²) in [6, 6.07) is 8.22. The van der Waals surface area contributed by atoms with Crippen molar-refractivity contribution in [1.82, 2.24) is 4.90 Å². The number of nitrogens with zero attached hydrogens (tertiary/aromatic N) is 1. The number of amides is 1. The molecule has 0 bridgehead atoms. The number of aryl methyl sites for hydroxylation is 1. The first kappa shape index (κ1) is 25.7. The molecule has 2 heterocycles. The molecule has 1 fully saturated rings. The van der Waals surface area contributed by atoms with Crippen molar-refractivity contribution in [2.75, 3.05) is 27.4 Å². The zero-order valence-corrected chi connectivity index (χ0v) is 22.3. The molecule has 1 atom stereocenters. The van der Waals surface area contributed by atoms with Crippen LogP contribution in [0.15, 0.2) is 41.0 Å². The number of allylic oxidation sites excluding steroid dienone is 1. The molecule has 6 nitrogen and oxygen atoms in total. The molecule has 1 saturated heterocycles. The number of benzene rings is 2. The van der Waals surface area contributed by atoms with Crippen molar-refractivity contribution in [2.45, 2.75) is 59.4 Å². The molecule has 36 heavy (non-hydrogen) atoms. The number of rotatable bonds is 8. The van der Waals surface area contributed by atoms with Gasteiger partial charge in [0.05, 0.1) is 27.1 Å². The Morgan fingerprint density at radius 2 is 1.92 bits per heavy atom. The van der Waals surface area contributed by atoms with Gasteiger partial charge in [0.1, 0.15) is 11.3 Å². The van der Waals surface area contributed by atoms with Crippen molar-refractivity contribution >= 4 is 22.4 Å². The van der Waals surface area contributed by atoms with Crippen molar-refractivity contribution in [3.05, 3.63) is 47.7 Å². The second-order valence-electron chi connectivity index (χ2n) is 9.32. The summed E-state index contributed by atoms with van der Waals surface area (Å²) in [4.78, 5) is 15.3. The topological polar surface area (TPSA) is 61.1 Å². The summed E-state index contributed by atoms with van der Waals surface area (Å²) in [5.41, 5.74) is 5.38. The van der Waals surface area contributed by atoms with Gasteiger partial charge in [-0.1, -0.05) is 13.0 Å². The monoisotopic (exact) mass is 491 g/mol. The number of piperidine rings is 1. The van der Waals surface area contributed by atoms with Crippen LogP contribution in [-0.2, 0) is 4.79 Å². The highest BCUT2D eigenvalue weighted by molar-refractivity contribution is 6.02. The summed E-state index contributed by atoms with van der Waals surface area (Å²) < 4.78 is 23.0. The van der Waals surface area contributed by atoms with E-state index in [2.05, 4.69) is 13.0 Å². The number of likely N-dealkylation sites (tertiary alicyclic amines) is 1. The Hall–Kier alpha value is -3.41. The highest BCUT2D eigenvalue weighted by Crippen LogP contribution is 2.42. The summed E-state index contributed by atoms with van der Waals surface area (Å²) in [6.07, 6.45) is 7.85. The Bertz CT molecular complexity index is 1270. The van der Waals surface area contributed by atoms with Crippen LogP contribution in [0.3, 0.4) is 0 Å². The van der Waals surface area contributed by atoms with E-state index in [1.54, 1.807) is 26.6 Å². The molecule has 3 aromatic rings. The highest BCUT2D eigenvalue weighted by atomic mass is 16.5. The fourth-order valence-corrected chi connectivity index (χ4v) is 5.23. The molecular formula is C30H37NO5. The second kappa shape index (κ2) is 11.1. The van der Waals surface area contributed by atoms with Gasteiger partial charge in [-0.05, 0) is 75.8 Å². The summed E-state index contributed by atoms with van der Waals surface area (Å²) >= 11 is 0. The molecule has 0 radical (unpaired) electrons. The summed E-state index contributed by atoms with van der Waals surface area (Å²) in [5, 5.41) is 0.961. The van der Waals surface area contributed by atoms with Gasteiger partial charge in [-0.3, -0.25) is 4.79 Å². The molecule has 1 aliphatic heterocycles. The minimum atomic E-state index is 0.0755. The maximum absolute atomic E-state index is 13.3. The fourth-order valence-electron chi connectivity index (χ4n) is 5.23. The number of furan rings is 1. The molecule has 1 amide bonds. The molecule has 0 spiro atoms. The first-order chi connectivity index (χ1) is 17.4. The van der Waals surface area contributed by atoms with E-state index < -0.39 is 0 Å². The number of ether oxygens (including phenoxy) is 3. The highest BCUT2D eigenvalue weighted by Gasteiger charge is 2.25. The third-order valence-electron chi connectivity index (χ3n) is 7.17. The van der Waals surface area contributed by atoms with Crippen LogP contribution in [0.2, 0.25) is 0 Å². The number of fused-ring (bicyclic) bond motifs is 1. The molecule has 1 aromatic heterocycles. The molecule has 6 heteroatoms.